The van der Waals surface area contributed by atoms with Gasteiger partial charge >= 0.3 is 146 Å². The van der Waals surface area contributed by atoms with Gasteiger partial charge in [0.1, 0.15) is 0 Å². The molecule has 0 aliphatic rings. The second-order valence-corrected chi connectivity index (χ2v) is 21.2. The Kier molecular flexibility index (Phi) is 15.2. The van der Waals surface area contributed by atoms with Gasteiger partial charge in [-0.2, -0.15) is 0 Å². The third kappa shape index (κ3) is 8.85. The third-order valence-electron chi connectivity index (χ3n) is 5.24. The Hall–Kier alpha value is 0.359. The average Bonchev–Trinajstić information content (AvgIpc) is 2.54. The van der Waals surface area contributed by atoms with E-state index in [1.54, 1.807) is 13.3 Å². The van der Waals surface area contributed by atoms with Crippen molar-refractivity contribution in [1.29, 1.82) is 0 Å². The summed E-state index contributed by atoms with van der Waals surface area (Å²) in [5, 5.41) is 0. The first kappa shape index (κ1) is 22.4. The van der Waals surface area contributed by atoms with Crippen molar-refractivity contribution in [2.45, 2.75) is 116 Å². The molecular formula is C21H42Sn. The van der Waals surface area contributed by atoms with Crippen LogP contribution in [-0.2, 0) is 0 Å². The van der Waals surface area contributed by atoms with Crippen molar-refractivity contribution < 1.29 is 0 Å². The van der Waals surface area contributed by atoms with Gasteiger partial charge in [-0.3, -0.25) is 0 Å². The molecule has 22 heavy (non-hydrogen) atoms. The molecular weight excluding hydrogens is 371 g/mol. The van der Waals surface area contributed by atoms with Crippen molar-refractivity contribution in [3.63, 3.8) is 0 Å². The van der Waals surface area contributed by atoms with Crippen molar-refractivity contribution in [2.24, 2.45) is 0 Å². The van der Waals surface area contributed by atoms with Gasteiger partial charge in [-0.1, -0.05) is 0 Å². The molecule has 0 bridgehead atoms. The Balaban J connectivity index is 5.19. The first-order valence-electron chi connectivity index (χ1n) is 10.1. The van der Waals surface area contributed by atoms with E-state index in [2.05, 4.69) is 46.5 Å². The predicted octanol–water partition coefficient (Wildman–Crippen LogP) is 7.81. The van der Waals surface area contributed by atoms with Crippen LogP contribution in [0.3, 0.4) is 0 Å². The van der Waals surface area contributed by atoms with Crippen molar-refractivity contribution in [3.05, 3.63) is 0 Å². The molecule has 0 N–H and O–H groups in total. The summed E-state index contributed by atoms with van der Waals surface area (Å²) < 4.78 is 5.67. The normalized spacial score (nSPS) is 12.8. The molecule has 0 saturated heterocycles. The fourth-order valence-corrected chi connectivity index (χ4v) is 21.6. The van der Waals surface area contributed by atoms with Gasteiger partial charge in [-0.05, 0) is 0 Å². The van der Waals surface area contributed by atoms with Gasteiger partial charge in [-0.25, -0.2) is 0 Å². The molecule has 0 aliphatic carbocycles. The monoisotopic (exact) mass is 414 g/mol. The Morgan fingerprint density at radius 1 is 0.682 bits per heavy atom. The van der Waals surface area contributed by atoms with Gasteiger partial charge in [0.25, 0.3) is 0 Å². The molecule has 1 heteroatoms. The van der Waals surface area contributed by atoms with Gasteiger partial charge in [0, 0.05) is 0 Å². The second kappa shape index (κ2) is 14.9. The van der Waals surface area contributed by atoms with Gasteiger partial charge in [-0.15, -0.1) is 0 Å². The van der Waals surface area contributed by atoms with E-state index in [1.807, 2.05) is 0 Å². The van der Waals surface area contributed by atoms with Crippen LogP contribution < -0.4 is 0 Å². The average molecular weight is 413 g/mol. The molecule has 0 fully saturated rings. The van der Waals surface area contributed by atoms with Gasteiger partial charge in [0.2, 0.25) is 0 Å². The number of unbranched alkanes of at least 4 members (excludes halogenated alkanes) is 5. The molecule has 0 aliphatic heterocycles. The van der Waals surface area contributed by atoms with Gasteiger partial charge in [0.15, 0.2) is 0 Å². The van der Waals surface area contributed by atoms with Gasteiger partial charge < -0.3 is 0 Å². The fraction of sp³-hybridized carbons (Fsp3) is 0.905. The number of hydrogen-bond donors (Lipinski definition) is 0. The molecule has 1 atom stereocenters. The molecule has 0 rings (SSSR count). The van der Waals surface area contributed by atoms with Crippen LogP contribution in [0.4, 0.5) is 0 Å². The first-order valence-corrected chi connectivity index (χ1v) is 17.8. The quantitative estimate of drug-likeness (QED) is 0.155. The standard InChI is InChI=1S/C9H15.3C4H9.Sn/c1-3-5-7-9-8-6-4-2;3*1-3-4-2;/h8H,3,5,7,9H2,1-2H3;3*1,3-4H2,2H3;. The molecule has 1 unspecified atom stereocenters. The minimum atomic E-state index is -2.12. The molecule has 0 aromatic carbocycles. The maximum absolute atomic E-state index is 3.75. The van der Waals surface area contributed by atoms with Crippen LogP contribution in [-0.4, -0.2) is 18.4 Å². The van der Waals surface area contributed by atoms with E-state index in [1.165, 1.54) is 64.2 Å². The van der Waals surface area contributed by atoms with Crippen LogP contribution in [0, 0.1) is 11.8 Å². The zero-order valence-corrected chi connectivity index (χ0v) is 19.1. The molecule has 0 nitrogen and oxygen atoms in total. The molecule has 0 radical (unpaired) electrons. The molecule has 0 spiro atoms. The van der Waals surface area contributed by atoms with Crippen molar-refractivity contribution in [2.75, 3.05) is 0 Å². The maximum atomic E-state index is 3.75. The summed E-state index contributed by atoms with van der Waals surface area (Å²) in [6.07, 6.45) is 14.1. The van der Waals surface area contributed by atoms with E-state index in [0.29, 0.717) is 0 Å². The summed E-state index contributed by atoms with van der Waals surface area (Å²) in [4.78, 5) is 0. The molecule has 0 aromatic rings. The summed E-state index contributed by atoms with van der Waals surface area (Å²) >= 11 is -2.12. The van der Waals surface area contributed by atoms with Crippen LogP contribution in [0.15, 0.2) is 0 Å². The summed E-state index contributed by atoms with van der Waals surface area (Å²) in [5.41, 5.74) is 0. The molecule has 0 aromatic heterocycles. The van der Waals surface area contributed by atoms with E-state index in [4.69, 9.17) is 0 Å². The van der Waals surface area contributed by atoms with E-state index in [9.17, 15) is 0 Å². The Labute approximate surface area is 146 Å². The third-order valence-corrected chi connectivity index (χ3v) is 22.2. The molecule has 0 saturated carbocycles. The summed E-state index contributed by atoms with van der Waals surface area (Å²) in [6, 6.07) is 0. The fourth-order valence-electron chi connectivity index (χ4n) is 3.79. The SMILES string of the molecule is CC#C[CH](CCCCC)[Sn]([CH2]CCC)([CH2]CCC)[CH2]CCC. The first-order chi connectivity index (χ1) is 10.7. The summed E-state index contributed by atoms with van der Waals surface area (Å²) in [6.45, 7) is 11.5. The van der Waals surface area contributed by atoms with E-state index in [0.717, 1.165) is 3.93 Å². The van der Waals surface area contributed by atoms with Crippen molar-refractivity contribution >= 4 is 18.4 Å². The van der Waals surface area contributed by atoms with E-state index < -0.39 is 18.4 Å². The summed E-state index contributed by atoms with van der Waals surface area (Å²) in [7, 11) is 0. The Morgan fingerprint density at radius 3 is 1.50 bits per heavy atom. The number of rotatable bonds is 14. The Bertz CT molecular complexity index is 275. The van der Waals surface area contributed by atoms with Crippen LogP contribution in [0.1, 0.15) is 98.8 Å². The molecule has 0 amide bonds. The second-order valence-electron chi connectivity index (χ2n) is 7.12. The van der Waals surface area contributed by atoms with Crippen LogP contribution in [0.2, 0.25) is 17.2 Å². The van der Waals surface area contributed by atoms with Crippen LogP contribution >= 0.6 is 0 Å². The van der Waals surface area contributed by atoms with Crippen molar-refractivity contribution in [3.8, 4) is 11.8 Å². The summed E-state index contributed by atoms with van der Waals surface area (Å²) in [5.74, 6) is 7.08. The van der Waals surface area contributed by atoms with Gasteiger partial charge in [0.05, 0.1) is 0 Å². The van der Waals surface area contributed by atoms with E-state index in [-0.39, 0.29) is 0 Å². The number of hydrogen-bond acceptors (Lipinski definition) is 0. The minimum absolute atomic E-state index is 0.843. The van der Waals surface area contributed by atoms with Crippen LogP contribution in [0.5, 0.6) is 0 Å². The molecule has 0 heterocycles. The van der Waals surface area contributed by atoms with Crippen molar-refractivity contribution in [1.82, 2.24) is 0 Å². The zero-order chi connectivity index (χ0) is 16.7. The van der Waals surface area contributed by atoms with Crippen LogP contribution in [0.25, 0.3) is 0 Å². The predicted molar refractivity (Wildman–Crippen MR) is 106 cm³/mol. The molecule has 130 valence electrons. The zero-order valence-electron chi connectivity index (χ0n) is 16.3. The topological polar surface area (TPSA) is 0 Å². The Morgan fingerprint density at radius 2 is 1.14 bits per heavy atom. The van der Waals surface area contributed by atoms with E-state index >= 15 is 0 Å².